The molecule has 10 heteroatoms. The minimum absolute atomic E-state index is 0.0671. The number of alkyl carbamates (subject to hydrolysis) is 1. The van der Waals surface area contributed by atoms with Gasteiger partial charge < -0.3 is 29.8 Å². The summed E-state index contributed by atoms with van der Waals surface area (Å²) < 4.78 is 16.7. The summed E-state index contributed by atoms with van der Waals surface area (Å²) in [6.45, 7) is 1.48. The largest absolute Gasteiger partial charge is 0.469 e. The molecule has 4 saturated carbocycles. The highest BCUT2D eigenvalue weighted by atomic mass is 16.6. The standard InChI is InChI=1S/C36H43N3O7/c1-36(19-27-20-37-29-11-7-6-10-28(27)29,39-35(43)46-33-25-15-22-14-23(17-25)18-26(33)16-22)34(42)45-21-30(24-8-4-3-5-9-24)38-31(40)12-13-32(41)44-2/h3-11,20,22-23,25-26,30,33,37H,12-19,21H2,1-2H3,(H,38,40)(H,39,43)/t22?,23?,25?,26?,30-,33?,36?/m1/s1. The Balaban J connectivity index is 1.18. The first kappa shape index (κ1) is 31.6. The van der Waals surface area contributed by atoms with E-state index >= 15 is 0 Å². The predicted octanol–water partition coefficient (Wildman–Crippen LogP) is 5.37. The zero-order chi connectivity index (χ0) is 32.3. The number of methoxy groups -OCH3 is 1. The maximum absolute atomic E-state index is 14.0. The van der Waals surface area contributed by atoms with Gasteiger partial charge in [-0.05, 0) is 79.9 Å². The molecule has 0 saturated heterocycles. The van der Waals surface area contributed by atoms with Crippen LogP contribution >= 0.6 is 0 Å². The number of para-hydroxylation sites is 1. The number of H-pyrrole nitrogens is 1. The minimum atomic E-state index is -1.47. The lowest BCUT2D eigenvalue weighted by molar-refractivity contribution is -0.152. The molecular weight excluding hydrogens is 586 g/mol. The van der Waals surface area contributed by atoms with Crippen LogP contribution in [0, 0.1) is 23.7 Å². The molecule has 0 aliphatic heterocycles. The second-order valence-electron chi connectivity index (χ2n) is 13.5. The lowest BCUT2D eigenvalue weighted by Crippen LogP contribution is -2.57. The van der Waals surface area contributed by atoms with E-state index in [2.05, 4.69) is 20.4 Å². The second kappa shape index (κ2) is 13.6. The van der Waals surface area contributed by atoms with E-state index in [4.69, 9.17) is 9.47 Å². The molecule has 10 nitrogen and oxygen atoms in total. The Morgan fingerprint density at radius 2 is 1.59 bits per heavy atom. The van der Waals surface area contributed by atoms with Crippen molar-refractivity contribution in [2.24, 2.45) is 23.7 Å². The van der Waals surface area contributed by atoms with Crippen LogP contribution < -0.4 is 10.6 Å². The molecular formula is C36H43N3O7. The molecule has 0 radical (unpaired) electrons. The highest BCUT2D eigenvalue weighted by Gasteiger charge is 2.50. The average Bonchev–Trinajstić information content (AvgIpc) is 3.45. The topological polar surface area (TPSA) is 136 Å². The first-order valence-electron chi connectivity index (χ1n) is 16.3. The van der Waals surface area contributed by atoms with Crippen LogP contribution in [0.3, 0.4) is 0 Å². The number of aromatic nitrogens is 1. The monoisotopic (exact) mass is 629 g/mol. The molecule has 7 rings (SSSR count). The van der Waals surface area contributed by atoms with Crippen molar-refractivity contribution in [1.29, 1.82) is 0 Å². The lowest BCUT2D eigenvalue weighted by Gasteiger charge is -2.53. The quantitative estimate of drug-likeness (QED) is 0.181. The van der Waals surface area contributed by atoms with Crippen LogP contribution in [-0.2, 0) is 35.0 Å². The molecule has 46 heavy (non-hydrogen) atoms. The van der Waals surface area contributed by atoms with Gasteiger partial charge in [0.25, 0.3) is 0 Å². The molecule has 4 aliphatic rings. The van der Waals surface area contributed by atoms with Crippen LogP contribution in [0.1, 0.15) is 69.0 Å². The Morgan fingerprint density at radius 3 is 2.28 bits per heavy atom. The maximum Gasteiger partial charge on any atom is 0.408 e. The fraction of sp³-hybridized carbons (Fsp3) is 0.500. The summed E-state index contributed by atoms with van der Waals surface area (Å²) >= 11 is 0. The molecule has 4 fully saturated rings. The summed E-state index contributed by atoms with van der Waals surface area (Å²) in [5.74, 6) is 0.722. The van der Waals surface area contributed by atoms with Gasteiger partial charge in [0, 0.05) is 29.9 Å². The number of fused-ring (bicyclic) bond motifs is 1. The van der Waals surface area contributed by atoms with E-state index in [9.17, 15) is 19.2 Å². The summed E-state index contributed by atoms with van der Waals surface area (Å²) in [4.78, 5) is 55.1. The van der Waals surface area contributed by atoms with Gasteiger partial charge in [-0.15, -0.1) is 0 Å². The van der Waals surface area contributed by atoms with Gasteiger partial charge in [0.1, 0.15) is 18.2 Å². The van der Waals surface area contributed by atoms with Crippen molar-refractivity contribution in [3.05, 3.63) is 71.9 Å². The summed E-state index contributed by atoms with van der Waals surface area (Å²) in [7, 11) is 1.27. The third-order valence-corrected chi connectivity index (χ3v) is 10.1. The fourth-order valence-electron chi connectivity index (χ4n) is 8.08. The number of amides is 2. The SMILES string of the molecule is COC(=O)CCC(=O)N[C@H](COC(=O)C(C)(Cc1c[nH]c2ccccc12)NC(=O)OC1C2CC3CC(C2)CC1C3)c1ccccc1. The van der Waals surface area contributed by atoms with E-state index in [1.165, 1.54) is 13.5 Å². The third-order valence-electron chi connectivity index (χ3n) is 10.1. The number of ether oxygens (including phenoxy) is 3. The fourth-order valence-corrected chi connectivity index (χ4v) is 8.08. The van der Waals surface area contributed by atoms with E-state index in [1.807, 2.05) is 60.8 Å². The number of esters is 2. The van der Waals surface area contributed by atoms with Crippen LogP contribution in [0.25, 0.3) is 10.9 Å². The molecule has 0 spiro atoms. The van der Waals surface area contributed by atoms with Gasteiger partial charge in [0.2, 0.25) is 5.91 Å². The van der Waals surface area contributed by atoms with Crippen molar-refractivity contribution in [3.8, 4) is 0 Å². The number of rotatable bonds is 12. The minimum Gasteiger partial charge on any atom is -0.469 e. The van der Waals surface area contributed by atoms with E-state index in [0.717, 1.165) is 59.5 Å². The zero-order valence-electron chi connectivity index (χ0n) is 26.5. The van der Waals surface area contributed by atoms with Gasteiger partial charge in [0.05, 0.1) is 19.6 Å². The molecule has 1 aromatic heterocycles. The van der Waals surface area contributed by atoms with Crippen molar-refractivity contribution in [2.45, 2.75) is 76.0 Å². The Bertz CT molecular complexity index is 1540. The summed E-state index contributed by atoms with van der Waals surface area (Å²) in [5, 5.41) is 6.73. The normalized spacial score (nSPS) is 24.9. The number of nitrogens with one attached hydrogen (secondary N) is 3. The summed E-state index contributed by atoms with van der Waals surface area (Å²) in [5.41, 5.74) is 1.03. The molecule has 3 N–H and O–H groups in total. The van der Waals surface area contributed by atoms with Gasteiger partial charge >= 0.3 is 18.0 Å². The van der Waals surface area contributed by atoms with Crippen LogP contribution in [0.15, 0.2) is 60.8 Å². The highest BCUT2D eigenvalue weighted by molar-refractivity contribution is 5.88. The van der Waals surface area contributed by atoms with Crippen LogP contribution in [0.2, 0.25) is 0 Å². The van der Waals surface area contributed by atoms with Crippen molar-refractivity contribution < 1.29 is 33.4 Å². The van der Waals surface area contributed by atoms with Gasteiger partial charge in [-0.1, -0.05) is 48.5 Å². The van der Waals surface area contributed by atoms with Crippen molar-refractivity contribution >= 4 is 34.8 Å². The van der Waals surface area contributed by atoms with Gasteiger partial charge in [-0.25, -0.2) is 9.59 Å². The van der Waals surface area contributed by atoms with E-state index in [1.54, 1.807) is 6.92 Å². The Kier molecular flexibility index (Phi) is 9.33. The first-order valence-corrected chi connectivity index (χ1v) is 16.3. The highest BCUT2D eigenvalue weighted by Crippen LogP contribution is 2.54. The number of aromatic amines is 1. The van der Waals surface area contributed by atoms with Crippen molar-refractivity contribution in [2.75, 3.05) is 13.7 Å². The molecule has 1 heterocycles. The van der Waals surface area contributed by atoms with Crippen LogP contribution in [-0.4, -0.2) is 54.3 Å². The lowest BCUT2D eigenvalue weighted by atomic mass is 9.55. The van der Waals surface area contributed by atoms with Crippen LogP contribution in [0.4, 0.5) is 4.79 Å². The van der Waals surface area contributed by atoms with Crippen LogP contribution in [0.5, 0.6) is 0 Å². The first-order chi connectivity index (χ1) is 22.2. The van der Waals surface area contributed by atoms with E-state index in [-0.39, 0.29) is 37.9 Å². The Labute approximate surface area is 268 Å². The molecule has 2 amide bonds. The number of hydrogen-bond acceptors (Lipinski definition) is 7. The molecule has 244 valence electrons. The molecule has 4 aliphatic carbocycles. The summed E-state index contributed by atoms with van der Waals surface area (Å²) in [6.07, 6.45) is 6.83. The predicted molar refractivity (Wildman–Crippen MR) is 170 cm³/mol. The maximum atomic E-state index is 14.0. The molecule has 2 atom stereocenters. The zero-order valence-corrected chi connectivity index (χ0v) is 26.5. The second-order valence-corrected chi connectivity index (χ2v) is 13.5. The van der Waals surface area contributed by atoms with Crippen molar-refractivity contribution in [3.63, 3.8) is 0 Å². The van der Waals surface area contributed by atoms with Gasteiger partial charge in [-0.3, -0.25) is 9.59 Å². The number of benzene rings is 2. The van der Waals surface area contributed by atoms with E-state index < -0.39 is 29.6 Å². The smallest absolute Gasteiger partial charge is 0.408 e. The van der Waals surface area contributed by atoms with Gasteiger partial charge in [-0.2, -0.15) is 0 Å². The number of carbonyl (C=O) groups is 4. The van der Waals surface area contributed by atoms with Crippen molar-refractivity contribution in [1.82, 2.24) is 15.6 Å². The summed E-state index contributed by atoms with van der Waals surface area (Å²) in [6, 6.07) is 16.3. The Morgan fingerprint density at radius 1 is 0.913 bits per heavy atom. The molecule has 2 aromatic carbocycles. The van der Waals surface area contributed by atoms with Gasteiger partial charge in [0.15, 0.2) is 0 Å². The molecule has 1 unspecified atom stereocenters. The average molecular weight is 630 g/mol. The third kappa shape index (κ3) is 7.06. The number of hydrogen-bond donors (Lipinski definition) is 3. The molecule has 4 bridgehead atoms. The Hall–Kier alpha value is -4.34. The van der Waals surface area contributed by atoms with E-state index in [0.29, 0.717) is 11.8 Å². The molecule has 3 aromatic rings. The number of carbonyl (C=O) groups excluding carboxylic acids is 4.